The smallest absolute Gasteiger partial charge is 0.325 e. The number of morpholine rings is 1. The predicted molar refractivity (Wildman–Crippen MR) is 96.4 cm³/mol. The van der Waals surface area contributed by atoms with Crippen LogP contribution in [0.3, 0.4) is 0 Å². The number of carbonyl (C=O) groups is 1. The molecule has 1 aromatic heterocycles. The second-order valence-corrected chi connectivity index (χ2v) is 7.54. The molecule has 144 valence electrons. The molecule has 0 spiro atoms. The molecule has 3 N–H and O–H groups in total. The summed E-state index contributed by atoms with van der Waals surface area (Å²) >= 11 is 0. The van der Waals surface area contributed by atoms with E-state index >= 15 is 0 Å². The van der Waals surface area contributed by atoms with Crippen LogP contribution >= 0.6 is 0 Å². The van der Waals surface area contributed by atoms with Gasteiger partial charge in [0.2, 0.25) is 0 Å². The van der Waals surface area contributed by atoms with Gasteiger partial charge in [-0.3, -0.25) is 19.3 Å². The molecule has 1 amide bonds. The molecule has 1 aliphatic heterocycles. The predicted octanol–water partition coefficient (Wildman–Crippen LogP) is -0.355. The van der Waals surface area contributed by atoms with Crippen molar-refractivity contribution in [3.05, 3.63) is 56.4 Å². The maximum absolute atomic E-state index is 12.7. The first-order valence-corrected chi connectivity index (χ1v) is 9.60. The van der Waals surface area contributed by atoms with Crippen LogP contribution in [0, 0.1) is 6.92 Å². The van der Waals surface area contributed by atoms with E-state index in [1.54, 1.807) is 17.0 Å². The van der Waals surface area contributed by atoms with E-state index in [1.807, 2.05) is 4.98 Å². The largest absolute Gasteiger partial charge is 0.378 e. The van der Waals surface area contributed by atoms with Crippen molar-refractivity contribution in [3.8, 4) is 0 Å². The van der Waals surface area contributed by atoms with Crippen LogP contribution in [0.25, 0.3) is 0 Å². The lowest BCUT2D eigenvalue weighted by Crippen LogP contribution is -2.41. The van der Waals surface area contributed by atoms with Gasteiger partial charge in [-0.05, 0) is 19.1 Å². The molecule has 11 heteroatoms. The van der Waals surface area contributed by atoms with E-state index < -0.39 is 26.2 Å². The monoisotopic (exact) mass is 394 g/mol. The number of aryl methyl sites for hydroxylation is 1. The normalized spacial score (nSPS) is 14.8. The fourth-order valence-corrected chi connectivity index (χ4v) is 4.12. The molecule has 1 aromatic carbocycles. The average molecular weight is 394 g/mol. The Hall–Kier alpha value is -2.92. The number of carbonyl (C=O) groups excluding carboxylic acids is 1. The molecular formula is C16H18N4O6S. The fourth-order valence-electron chi connectivity index (χ4n) is 2.80. The number of sulfonamides is 1. The maximum atomic E-state index is 12.7. The van der Waals surface area contributed by atoms with Crippen molar-refractivity contribution < 1.29 is 17.9 Å². The van der Waals surface area contributed by atoms with Gasteiger partial charge in [-0.25, -0.2) is 13.2 Å². The average Bonchev–Trinajstić information content (AvgIpc) is 2.61. The Morgan fingerprint density at radius 2 is 1.81 bits per heavy atom. The van der Waals surface area contributed by atoms with Gasteiger partial charge in [0, 0.05) is 18.8 Å². The Labute approximate surface area is 154 Å². The minimum atomic E-state index is -4.34. The fraction of sp³-hybridized carbons (Fsp3) is 0.312. The lowest BCUT2D eigenvalue weighted by Gasteiger charge is -2.27. The summed E-state index contributed by atoms with van der Waals surface area (Å²) < 4.78 is 32.9. The number of nitrogens with one attached hydrogen (secondary N) is 3. The first-order valence-electron chi connectivity index (χ1n) is 8.11. The molecule has 1 saturated heterocycles. The van der Waals surface area contributed by atoms with Gasteiger partial charge in [0.15, 0.2) is 4.90 Å². The quantitative estimate of drug-likeness (QED) is 0.647. The summed E-state index contributed by atoms with van der Waals surface area (Å²) in [5.74, 6) is -0.344. The number of amides is 1. The number of para-hydroxylation sites is 1. The molecule has 0 unspecified atom stereocenters. The Morgan fingerprint density at radius 1 is 1.15 bits per heavy atom. The van der Waals surface area contributed by atoms with E-state index in [2.05, 4.69) is 9.71 Å². The van der Waals surface area contributed by atoms with Crippen LogP contribution in [0.1, 0.15) is 16.1 Å². The molecule has 0 saturated carbocycles. The third-order valence-electron chi connectivity index (χ3n) is 4.04. The Kier molecular flexibility index (Phi) is 5.15. The van der Waals surface area contributed by atoms with Crippen molar-refractivity contribution in [2.24, 2.45) is 0 Å². The van der Waals surface area contributed by atoms with Crippen molar-refractivity contribution in [2.45, 2.75) is 11.8 Å². The van der Waals surface area contributed by atoms with Crippen molar-refractivity contribution in [1.82, 2.24) is 14.9 Å². The second kappa shape index (κ2) is 7.37. The van der Waals surface area contributed by atoms with Gasteiger partial charge in [0.1, 0.15) is 0 Å². The summed E-state index contributed by atoms with van der Waals surface area (Å²) in [4.78, 5) is 41.1. The zero-order chi connectivity index (χ0) is 19.6. The lowest BCUT2D eigenvalue weighted by atomic mass is 10.1. The van der Waals surface area contributed by atoms with Crippen LogP contribution < -0.4 is 16.0 Å². The van der Waals surface area contributed by atoms with E-state index in [0.717, 1.165) is 0 Å². The second-order valence-electron chi connectivity index (χ2n) is 5.92. The molecule has 1 aliphatic rings. The Bertz CT molecular complexity index is 1080. The zero-order valence-corrected chi connectivity index (χ0v) is 15.3. The van der Waals surface area contributed by atoms with E-state index in [9.17, 15) is 22.8 Å². The number of aromatic amines is 2. The van der Waals surface area contributed by atoms with Gasteiger partial charge in [-0.1, -0.05) is 12.1 Å². The van der Waals surface area contributed by atoms with Gasteiger partial charge in [-0.15, -0.1) is 0 Å². The van der Waals surface area contributed by atoms with E-state index in [-0.39, 0.29) is 22.9 Å². The molecule has 2 aromatic rings. The summed E-state index contributed by atoms with van der Waals surface area (Å²) in [5.41, 5.74) is -1.76. The highest BCUT2D eigenvalue weighted by Crippen LogP contribution is 2.21. The molecule has 0 bridgehead atoms. The molecule has 2 heterocycles. The van der Waals surface area contributed by atoms with Gasteiger partial charge in [-0.2, -0.15) is 0 Å². The molecular weight excluding hydrogens is 376 g/mol. The number of anilines is 1. The number of benzene rings is 1. The summed E-state index contributed by atoms with van der Waals surface area (Å²) in [7, 11) is -4.34. The third kappa shape index (κ3) is 3.93. The third-order valence-corrected chi connectivity index (χ3v) is 5.56. The van der Waals surface area contributed by atoms with E-state index in [0.29, 0.717) is 26.3 Å². The molecule has 3 rings (SSSR count). The number of hydrogen-bond acceptors (Lipinski definition) is 6. The summed E-state index contributed by atoms with van der Waals surface area (Å²) in [6.45, 7) is 2.92. The van der Waals surface area contributed by atoms with Crippen LogP contribution in [0.15, 0.2) is 38.8 Å². The highest BCUT2D eigenvalue weighted by molar-refractivity contribution is 7.92. The highest BCUT2D eigenvalue weighted by atomic mass is 32.2. The van der Waals surface area contributed by atoms with Gasteiger partial charge in [0.25, 0.3) is 21.5 Å². The topological polar surface area (TPSA) is 141 Å². The Balaban J connectivity index is 1.98. The number of aromatic nitrogens is 2. The van der Waals surface area contributed by atoms with Crippen molar-refractivity contribution in [2.75, 3.05) is 31.0 Å². The van der Waals surface area contributed by atoms with Crippen molar-refractivity contribution >= 4 is 21.6 Å². The zero-order valence-electron chi connectivity index (χ0n) is 14.4. The first kappa shape index (κ1) is 18.9. The van der Waals surface area contributed by atoms with Crippen molar-refractivity contribution in [3.63, 3.8) is 0 Å². The molecule has 0 aliphatic carbocycles. The van der Waals surface area contributed by atoms with Gasteiger partial charge < -0.3 is 14.6 Å². The van der Waals surface area contributed by atoms with Gasteiger partial charge in [0.05, 0.1) is 24.5 Å². The van der Waals surface area contributed by atoms with Crippen LogP contribution in [-0.2, 0) is 14.8 Å². The minimum Gasteiger partial charge on any atom is -0.378 e. The summed E-state index contributed by atoms with van der Waals surface area (Å²) in [6.07, 6.45) is 0. The standard InChI is InChI=1S/C16H18N4O6S/c1-10-13(14(21)18-16(23)17-10)27(24,25)19-12-5-3-2-4-11(12)15(22)20-6-8-26-9-7-20/h2-5,19H,6-9H2,1H3,(H2,17,18,21,23). The summed E-state index contributed by atoms with van der Waals surface area (Å²) in [6, 6.07) is 6.11. The van der Waals surface area contributed by atoms with Crippen LogP contribution in [0.2, 0.25) is 0 Å². The number of hydrogen-bond donors (Lipinski definition) is 3. The minimum absolute atomic E-state index is 0.0407. The van der Waals surface area contributed by atoms with Crippen LogP contribution in [-0.4, -0.2) is 55.5 Å². The number of nitrogens with zero attached hydrogens (tertiary/aromatic N) is 1. The molecule has 10 nitrogen and oxygen atoms in total. The Morgan fingerprint density at radius 3 is 2.48 bits per heavy atom. The molecule has 1 fully saturated rings. The van der Waals surface area contributed by atoms with Gasteiger partial charge >= 0.3 is 5.69 Å². The van der Waals surface area contributed by atoms with E-state index in [1.165, 1.54) is 19.1 Å². The van der Waals surface area contributed by atoms with E-state index in [4.69, 9.17) is 4.74 Å². The lowest BCUT2D eigenvalue weighted by molar-refractivity contribution is 0.0303. The molecule has 27 heavy (non-hydrogen) atoms. The first-order chi connectivity index (χ1) is 12.8. The summed E-state index contributed by atoms with van der Waals surface area (Å²) in [5, 5.41) is 0. The number of rotatable bonds is 4. The number of ether oxygens (including phenoxy) is 1. The molecule has 0 radical (unpaired) electrons. The van der Waals surface area contributed by atoms with Crippen molar-refractivity contribution in [1.29, 1.82) is 0 Å². The van der Waals surface area contributed by atoms with Crippen LogP contribution in [0.4, 0.5) is 5.69 Å². The SMILES string of the molecule is Cc1[nH]c(=O)[nH]c(=O)c1S(=O)(=O)Nc1ccccc1C(=O)N1CCOCC1. The maximum Gasteiger partial charge on any atom is 0.325 e. The molecule has 0 atom stereocenters. The highest BCUT2D eigenvalue weighted by Gasteiger charge is 2.26. The number of H-pyrrole nitrogens is 2. The van der Waals surface area contributed by atoms with Crippen LogP contribution in [0.5, 0.6) is 0 Å².